The summed E-state index contributed by atoms with van der Waals surface area (Å²) in [7, 11) is 0. The van der Waals surface area contributed by atoms with Gasteiger partial charge in [0.2, 0.25) is 0 Å². The second-order valence-electron chi connectivity index (χ2n) is 6.56. The van der Waals surface area contributed by atoms with E-state index in [1.807, 2.05) is 97.9 Å². The number of carbonyl (C=O) groups is 2. The molecule has 0 saturated carbocycles. The number of amides is 1. The molecular weight excluding hydrogens is 350 g/mol. The number of nitrogens with one attached hydrogen (secondary N) is 1. The fourth-order valence-electron chi connectivity index (χ4n) is 3.08. The Kier molecular flexibility index (Phi) is 6.58. The van der Waals surface area contributed by atoms with E-state index in [1.54, 1.807) is 0 Å². The van der Waals surface area contributed by atoms with Gasteiger partial charge in [0.15, 0.2) is 6.61 Å². The third-order valence-corrected chi connectivity index (χ3v) is 4.52. The highest BCUT2D eigenvalue weighted by Crippen LogP contribution is 2.25. The Morgan fingerprint density at radius 2 is 1.18 bits per heavy atom. The lowest BCUT2D eigenvalue weighted by molar-refractivity contribution is -0.149. The van der Waals surface area contributed by atoms with E-state index in [0.717, 1.165) is 16.7 Å². The first kappa shape index (κ1) is 19.4. The molecule has 142 valence electrons. The van der Waals surface area contributed by atoms with Crippen molar-refractivity contribution >= 4 is 11.9 Å². The molecule has 0 aliphatic carbocycles. The van der Waals surface area contributed by atoms with Gasteiger partial charge >= 0.3 is 5.97 Å². The first-order valence-electron chi connectivity index (χ1n) is 9.26. The number of benzene rings is 3. The minimum atomic E-state index is -0.568. The number of hydrogen-bond acceptors (Lipinski definition) is 3. The van der Waals surface area contributed by atoms with Gasteiger partial charge in [-0.05, 0) is 23.6 Å². The molecule has 0 aromatic heterocycles. The maximum atomic E-state index is 12.8. The third kappa shape index (κ3) is 5.07. The SMILES string of the molecule is C[C@@H](NC(=O)COC(=O)C(c1ccccc1)c1ccccc1)c1ccccc1. The molecule has 1 N–H and O–H groups in total. The Balaban J connectivity index is 1.65. The number of esters is 1. The molecule has 4 nitrogen and oxygen atoms in total. The van der Waals surface area contributed by atoms with Crippen LogP contribution in [0.1, 0.15) is 35.6 Å². The minimum absolute atomic E-state index is 0.161. The topological polar surface area (TPSA) is 55.4 Å². The molecule has 0 spiro atoms. The molecule has 0 radical (unpaired) electrons. The summed E-state index contributed by atoms with van der Waals surface area (Å²) in [5, 5.41) is 2.85. The van der Waals surface area contributed by atoms with Crippen molar-refractivity contribution in [3.63, 3.8) is 0 Å². The lowest BCUT2D eigenvalue weighted by Crippen LogP contribution is -2.32. The van der Waals surface area contributed by atoms with Crippen molar-refractivity contribution in [1.29, 1.82) is 0 Å². The molecule has 0 bridgehead atoms. The molecular formula is C24H23NO3. The van der Waals surface area contributed by atoms with Crippen molar-refractivity contribution in [2.45, 2.75) is 18.9 Å². The van der Waals surface area contributed by atoms with Crippen LogP contribution in [0.15, 0.2) is 91.0 Å². The molecule has 0 heterocycles. The number of carbonyl (C=O) groups excluding carboxylic acids is 2. The van der Waals surface area contributed by atoms with Gasteiger partial charge in [0.1, 0.15) is 5.92 Å². The molecule has 3 aromatic rings. The Labute approximate surface area is 165 Å². The second kappa shape index (κ2) is 9.51. The van der Waals surface area contributed by atoms with Gasteiger partial charge in [-0.15, -0.1) is 0 Å². The van der Waals surface area contributed by atoms with Crippen molar-refractivity contribution in [2.24, 2.45) is 0 Å². The van der Waals surface area contributed by atoms with E-state index in [9.17, 15) is 9.59 Å². The highest BCUT2D eigenvalue weighted by molar-refractivity contribution is 5.85. The first-order chi connectivity index (χ1) is 13.6. The van der Waals surface area contributed by atoms with Gasteiger partial charge in [0.25, 0.3) is 5.91 Å². The van der Waals surface area contributed by atoms with Crippen LogP contribution in [0.5, 0.6) is 0 Å². The van der Waals surface area contributed by atoms with E-state index in [4.69, 9.17) is 4.74 Å². The Hall–Kier alpha value is -3.40. The standard InChI is InChI=1S/C24H23NO3/c1-18(19-11-5-2-6-12-19)25-22(26)17-28-24(27)23(20-13-7-3-8-14-20)21-15-9-4-10-16-21/h2-16,18,23H,17H2,1H3,(H,25,26)/t18-/m1/s1. The number of hydrogen-bond donors (Lipinski definition) is 1. The average Bonchev–Trinajstić information content (AvgIpc) is 2.74. The Morgan fingerprint density at radius 1 is 0.750 bits per heavy atom. The van der Waals surface area contributed by atoms with Gasteiger partial charge in [-0.25, -0.2) is 0 Å². The van der Waals surface area contributed by atoms with Crippen LogP contribution < -0.4 is 5.32 Å². The highest BCUT2D eigenvalue weighted by atomic mass is 16.5. The van der Waals surface area contributed by atoms with Gasteiger partial charge in [-0.3, -0.25) is 9.59 Å². The fraction of sp³-hybridized carbons (Fsp3) is 0.167. The molecule has 0 aliphatic heterocycles. The van der Waals surface area contributed by atoms with Gasteiger partial charge in [-0.2, -0.15) is 0 Å². The van der Waals surface area contributed by atoms with Gasteiger partial charge in [-0.1, -0.05) is 91.0 Å². The molecule has 28 heavy (non-hydrogen) atoms. The predicted octanol–water partition coefficient (Wildman–Crippen LogP) is 4.24. The zero-order chi connectivity index (χ0) is 19.8. The summed E-state index contributed by atoms with van der Waals surface area (Å²) in [6.45, 7) is 1.58. The van der Waals surface area contributed by atoms with Crippen LogP contribution in [0.4, 0.5) is 0 Å². The van der Waals surface area contributed by atoms with E-state index in [0.29, 0.717) is 0 Å². The molecule has 3 rings (SSSR count). The summed E-state index contributed by atoms with van der Waals surface area (Å²) in [6, 6.07) is 28.4. The van der Waals surface area contributed by atoms with E-state index in [2.05, 4.69) is 5.32 Å². The average molecular weight is 373 g/mol. The summed E-state index contributed by atoms with van der Waals surface area (Å²) in [5.41, 5.74) is 2.65. The quantitative estimate of drug-likeness (QED) is 0.630. The molecule has 0 fully saturated rings. The smallest absolute Gasteiger partial charge is 0.318 e. The van der Waals surface area contributed by atoms with Gasteiger partial charge in [0, 0.05) is 0 Å². The summed E-state index contributed by atoms with van der Waals surface area (Å²) < 4.78 is 5.36. The maximum Gasteiger partial charge on any atom is 0.318 e. The Morgan fingerprint density at radius 3 is 1.64 bits per heavy atom. The summed E-state index contributed by atoms with van der Waals surface area (Å²) in [4.78, 5) is 25.0. The molecule has 1 atom stereocenters. The zero-order valence-corrected chi connectivity index (χ0v) is 15.7. The predicted molar refractivity (Wildman–Crippen MR) is 109 cm³/mol. The van der Waals surface area contributed by atoms with Crippen LogP contribution >= 0.6 is 0 Å². The van der Waals surface area contributed by atoms with Crippen molar-refractivity contribution in [2.75, 3.05) is 6.61 Å². The highest BCUT2D eigenvalue weighted by Gasteiger charge is 2.25. The molecule has 0 saturated heterocycles. The normalized spacial score (nSPS) is 11.6. The molecule has 0 unspecified atom stereocenters. The fourth-order valence-corrected chi connectivity index (χ4v) is 3.08. The van der Waals surface area contributed by atoms with Gasteiger partial charge < -0.3 is 10.1 Å². The molecule has 3 aromatic carbocycles. The van der Waals surface area contributed by atoms with Crippen LogP contribution in [-0.2, 0) is 14.3 Å². The lowest BCUT2D eigenvalue weighted by Gasteiger charge is -2.18. The third-order valence-electron chi connectivity index (χ3n) is 4.52. The monoisotopic (exact) mass is 373 g/mol. The zero-order valence-electron chi connectivity index (χ0n) is 15.7. The molecule has 1 amide bonds. The first-order valence-corrected chi connectivity index (χ1v) is 9.26. The second-order valence-corrected chi connectivity index (χ2v) is 6.56. The van der Waals surface area contributed by atoms with Crippen LogP contribution in [0.3, 0.4) is 0 Å². The van der Waals surface area contributed by atoms with Crippen LogP contribution in [0.2, 0.25) is 0 Å². The lowest BCUT2D eigenvalue weighted by atomic mass is 9.91. The van der Waals surface area contributed by atoms with Crippen molar-refractivity contribution in [3.05, 3.63) is 108 Å². The van der Waals surface area contributed by atoms with Gasteiger partial charge in [0.05, 0.1) is 6.04 Å². The van der Waals surface area contributed by atoms with Crippen molar-refractivity contribution in [3.8, 4) is 0 Å². The summed E-state index contributed by atoms with van der Waals surface area (Å²) in [6.07, 6.45) is 0. The summed E-state index contributed by atoms with van der Waals surface area (Å²) >= 11 is 0. The van der Waals surface area contributed by atoms with Crippen molar-refractivity contribution < 1.29 is 14.3 Å². The number of rotatable bonds is 7. The van der Waals surface area contributed by atoms with E-state index < -0.39 is 11.9 Å². The van der Waals surface area contributed by atoms with Crippen LogP contribution in [0, 0.1) is 0 Å². The maximum absolute atomic E-state index is 12.8. The van der Waals surface area contributed by atoms with E-state index >= 15 is 0 Å². The Bertz CT molecular complexity index is 855. The molecule has 4 heteroatoms. The van der Waals surface area contributed by atoms with E-state index in [1.165, 1.54) is 0 Å². The van der Waals surface area contributed by atoms with Crippen LogP contribution in [0.25, 0.3) is 0 Å². The van der Waals surface area contributed by atoms with Crippen LogP contribution in [-0.4, -0.2) is 18.5 Å². The molecule has 0 aliphatic rings. The minimum Gasteiger partial charge on any atom is -0.455 e. The van der Waals surface area contributed by atoms with E-state index in [-0.39, 0.29) is 18.6 Å². The number of ether oxygens (including phenoxy) is 1. The largest absolute Gasteiger partial charge is 0.455 e. The van der Waals surface area contributed by atoms with Crippen molar-refractivity contribution in [1.82, 2.24) is 5.32 Å². The summed E-state index contributed by atoms with van der Waals surface area (Å²) in [5.74, 6) is -1.34.